The second-order valence-electron chi connectivity index (χ2n) is 10.4. The van der Waals surface area contributed by atoms with Crippen molar-refractivity contribution in [2.45, 2.75) is 38.8 Å². The molecule has 0 radical (unpaired) electrons. The van der Waals surface area contributed by atoms with Crippen molar-refractivity contribution in [3.8, 4) is 0 Å². The molecule has 2 aromatic carbocycles. The summed E-state index contributed by atoms with van der Waals surface area (Å²) in [5, 5.41) is 1.83. The van der Waals surface area contributed by atoms with Crippen molar-refractivity contribution in [3.63, 3.8) is 0 Å². The first-order chi connectivity index (χ1) is 19.2. The quantitative estimate of drug-likeness (QED) is 0.474. The molecule has 40 heavy (non-hydrogen) atoms. The van der Waals surface area contributed by atoms with Gasteiger partial charge in [0.25, 0.3) is 5.91 Å². The Morgan fingerprint density at radius 1 is 0.925 bits per heavy atom. The van der Waals surface area contributed by atoms with Crippen LogP contribution in [0.1, 0.15) is 40.7 Å². The molecule has 2 saturated heterocycles. The van der Waals surface area contributed by atoms with Crippen molar-refractivity contribution in [2.75, 3.05) is 57.8 Å². The number of ketones is 1. The van der Waals surface area contributed by atoms with Gasteiger partial charge in [0.15, 0.2) is 5.78 Å². The minimum atomic E-state index is -3.24. The number of anilines is 1. The molecular formula is C29H36F3N5O3. The monoisotopic (exact) mass is 559 g/mol. The predicted octanol–water partition coefficient (Wildman–Crippen LogP) is 3.75. The smallest absolute Gasteiger partial charge is 0.324 e. The SMILES string of the molecule is CN1CCN(Cc2ccc(N(Cc3ccc(C(=O)CNC(=O)C(F)F)cc3F)C(=O)N3CCCCC3)cc2)CC1. The molecule has 0 spiro atoms. The number of Topliss-reactive ketones (excluding diaryl/α,β-unsaturated/α-hetero) is 1. The van der Waals surface area contributed by atoms with Crippen molar-refractivity contribution in [1.82, 2.24) is 20.0 Å². The van der Waals surface area contributed by atoms with Crippen molar-refractivity contribution in [3.05, 3.63) is 65.0 Å². The van der Waals surface area contributed by atoms with Crippen LogP contribution in [0.3, 0.4) is 0 Å². The van der Waals surface area contributed by atoms with E-state index in [1.165, 1.54) is 12.1 Å². The first kappa shape index (κ1) is 29.5. The van der Waals surface area contributed by atoms with Gasteiger partial charge in [0, 0.05) is 62.6 Å². The fraction of sp³-hybridized carbons (Fsp3) is 0.483. The third-order valence-corrected chi connectivity index (χ3v) is 7.43. The van der Waals surface area contributed by atoms with Crippen molar-refractivity contribution >= 4 is 23.4 Å². The summed E-state index contributed by atoms with van der Waals surface area (Å²) >= 11 is 0. The van der Waals surface area contributed by atoms with Crippen molar-refractivity contribution in [1.29, 1.82) is 0 Å². The number of piperidine rings is 1. The van der Waals surface area contributed by atoms with Crippen LogP contribution in [0.2, 0.25) is 0 Å². The maximum Gasteiger partial charge on any atom is 0.324 e. The van der Waals surface area contributed by atoms with Crippen LogP contribution < -0.4 is 10.2 Å². The molecule has 0 aromatic heterocycles. The van der Waals surface area contributed by atoms with Crippen LogP contribution in [0.5, 0.6) is 0 Å². The molecule has 0 aliphatic carbocycles. The highest BCUT2D eigenvalue weighted by Gasteiger charge is 2.26. The van der Waals surface area contributed by atoms with Crippen LogP contribution >= 0.6 is 0 Å². The highest BCUT2D eigenvalue weighted by molar-refractivity contribution is 5.99. The molecule has 4 rings (SSSR count). The summed E-state index contributed by atoms with van der Waals surface area (Å²) in [5.74, 6) is -2.96. The minimum Gasteiger partial charge on any atom is -0.344 e. The van der Waals surface area contributed by atoms with Gasteiger partial charge in [-0.1, -0.05) is 24.3 Å². The molecule has 1 N–H and O–H groups in total. The maximum absolute atomic E-state index is 15.2. The number of hydrogen-bond donors (Lipinski definition) is 1. The van der Waals surface area contributed by atoms with Crippen LogP contribution in [0.15, 0.2) is 42.5 Å². The van der Waals surface area contributed by atoms with Crippen molar-refractivity contribution < 1.29 is 27.6 Å². The summed E-state index contributed by atoms with van der Waals surface area (Å²) < 4.78 is 39.9. The fourth-order valence-corrected chi connectivity index (χ4v) is 4.94. The van der Waals surface area contributed by atoms with E-state index >= 15 is 4.39 Å². The Kier molecular flexibility index (Phi) is 10.2. The Bertz CT molecular complexity index is 1180. The number of alkyl halides is 2. The van der Waals surface area contributed by atoms with Gasteiger partial charge in [-0.25, -0.2) is 9.18 Å². The van der Waals surface area contributed by atoms with E-state index in [0.717, 1.165) is 63.6 Å². The van der Waals surface area contributed by atoms with E-state index in [2.05, 4.69) is 16.8 Å². The summed E-state index contributed by atoms with van der Waals surface area (Å²) in [5.41, 5.74) is 1.93. The van der Waals surface area contributed by atoms with Gasteiger partial charge in [-0.3, -0.25) is 19.4 Å². The number of likely N-dealkylation sites (tertiary alicyclic amines) is 1. The van der Waals surface area contributed by atoms with Crippen LogP contribution in [0.25, 0.3) is 0 Å². The molecule has 2 heterocycles. The fourth-order valence-electron chi connectivity index (χ4n) is 4.94. The summed E-state index contributed by atoms with van der Waals surface area (Å²) in [6.45, 7) is 5.41. The number of carbonyl (C=O) groups excluding carboxylic acids is 3. The maximum atomic E-state index is 15.2. The topological polar surface area (TPSA) is 76.2 Å². The Hall–Kier alpha value is -3.44. The second-order valence-corrected chi connectivity index (χ2v) is 10.4. The van der Waals surface area contributed by atoms with Crippen molar-refractivity contribution in [2.24, 2.45) is 0 Å². The van der Waals surface area contributed by atoms with E-state index in [-0.39, 0.29) is 23.7 Å². The number of piperazine rings is 1. The zero-order valence-electron chi connectivity index (χ0n) is 22.8. The number of benzene rings is 2. The molecule has 11 heteroatoms. The number of amides is 3. The first-order valence-electron chi connectivity index (χ1n) is 13.6. The summed E-state index contributed by atoms with van der Waals surface area (Å²) in [7, 11) is 2.12. The highest BCUT2D eigenvalue weighted by atomic mass is 19.3. The summed E-state index contributed by atoms with van der Waals surface area (Å²) in [6.07, 6.45) is -0.350. The third kappa shape index (κ3) is 7.82. The molecule has 3 amide bonds. The lowest BCUT2D eigenvalue weighted by Gasteiger charge is -2.34. The largest absolute Gasteiger partial charge is 0.344 e. The number of rotatable bonds is 9. The van der Waals surface area contributed by atoms with Gasteiger partial charge in [0.05, 0.1) is 13.1 Å². The lowest BCUT2D eigenvalue weighted by atomic mass is 10.1. The highest BCUT2D eigenvalue weighted by Crippen LogP contribution is 2.24. The summed E-state index contributed by atoms with van der Waals surface area (Å²) in [4.78, 5) is 44.9. The van der Waals surface area contributed by atoms with E-state index in [1.807, 2.05) is 29.6 Å². The van der Waals surface area contributed by atoms with Gasteiger partial charge in [-0.2, -0.15) is 8.78 Å². The predicted molar refractivity (Wildman–Crippen MR) is 146 cm³/mol. The average molecular weight is 560 g/mol. The number of carbonyl (C=O) groups is 3. The molecular weight excluding hydrogens is 523 g/mol. The number of nitrogens with zero attached hydrogens (tertiary/aromatic N) is 4. The Morgan fingerprint density at radius 3 is 2.23 bits per heavy atom. The van der Waals surface area contributed by atoms with E-state index in [9.17, 15) is 23.2 Å². The number of nitrogens with one attached hydrogen (secondary N) is 1. The van der Waals surface area contributed by atoms with Gasteiger partial charge in [-0.05, 0) is 50.1 Å². The Morgan fingerprint density at radius 2 is 1.60 bits per heavy atom. The van der Waals surface area contributed by atoms with Gasteiger partial charge >= 0.3 is 12.5 Å². The van der Waals surface area contributed by atoms with E-state index in [1.54, 1.807) is 9.80 Å². The molecule has 2 aromatic rings. The molecule has 2 aliphatic rings. The average Bonchev–Trinajstić information content (AvgIpc) is 2.97. The molecule has 2 fully saturated rings. The minimum absolute atomic E-state index is 0.0461. The molecule has 216 valence electrons. The molecule has 0 bridgehead atoms. The zero-order valence-corrected chi connectivity index (χ0v) is 22.8. The van der Waals surface area contributed by atoms with Crippen LogP contribution in [-0.2, 0) is 17.9 Å². The van der Waals surface area contributed by atoms with Gasteiger partial charge in [0.1, 0.15) is 5.82 Å². The van der Waals surface area contributed by atoms with E-state index in [4.69, 9.17) is 0 Å². The Balaban J connectivity index is 1.49. The van der Waals surface area contributed by atoms with Crippen LogP contribution in [0, 0.1) is 5.82 Å². The van der Waals surface area contributed by atoms with Gasteiger partial charge in [0.2, 0.25) is 0 Å². The van der Waals surface area contributed by atoms with Crippen LogP contribution in [-0.4, -0.2) is 91.7 Å². The number of hydrogen-bond acceptors (Lipinski definition) is 5. The third-order valence-electron chi connectivity index (χ3n) is 7.43. The molecule has 0 unspecified atom stereocenters. The first-order valence-corrected chi connectivity index (χ1v) is 13.6. The van der Waals surface area contributed by atoms with E-state index in [0.29, 0.717) is 18.8 Å². The normalized spacial score (nSPS) is 16.7. The second kappa shape index (κ2) is 13.8. The molecule has 8 nitrogen and oxygen atoms in total. The lowest BCUT2D eigenvalue weighted by Crippen LogP contribution is -2.45. The standard InChI is InChI=1S/C29H36F3N5O3/c1-34-13-15-35(16-14-34)19-21-5-9-24(10-6-21)37(29(40)36-11-3-2-4-12-36)20-23-8-7-22(17-25(23)30)26(38)18-33-28(39)27(31)32/h5-10,17,27H,2-4,11-16,18-20H2,1H3,(H,33,39). The van der Waals surface area contributed by atoms with E-state index < -0.39 is 30.5 Å². The zero-order chi connectivity index (χ0) is 28.6. The molecule has 2 aliphatic heterocycles. The number of urea groups is 1. The molecule has 0 atom stereocenters. The van der Waals surface area contributed by atoms with Crippen LogP contribution in [0.4, 0.5) is 23.7 Å². The number of halogens is 3. The van der Waals surface area contributed by atoms with Gasteiger partial charge < -0.3 is 15.1 Å². The number of likely N-dealkylation sites (N-methyl/N-ethyl adjacent to an activating group) is 1. The van der Waals surface area contributed by atoms with Gasteiger partial charge in [-0.15, -0.1) is 0 Å². The Labute approximate surface area is 232 Å². The lowest BCUT2D eigenvalue weighted by molar-refractivity contribution is -0.131. The summed E-state index contributed by atoms with van der Waals surface area (Å²) in [6, 6.07) is 11.3. The molecule has 0 saturated carbocycles.